The van der Waals surface area contributed by atoms with Crippen molar-refractivity contribution in [1.82, 2.24) is 9.80 Å². The SMILES string of the molecule is O=C(CCc1ccc(NC(=O)N2CCCC2)cc1)N1CCCC1. The minimum absolute atomic E-state index is 0.0144. The number of carbonyl (C=O) groups is 2. The van der Waals surface area contributed by atoms with E-state index in [1.807, 2.05) is 34.1 Å². The first-order valence-electron chi connectivity index (χ1n) is 8.65. The van der Waals surface area contributed by atoms with Gasteiger partial charge in [-0.15, -0.1) is 0 Å². The normalized spacial score (nSPS) is 17.6. The number of nitrogens with zero attached hydrogens (tertiary/aromatic N) is 2. The molecule has 0 atom stereocenters. The second kappa shape index (κ2) is 7.49. The Morgan fingerprint density at radius 3 is 2.04 bits per heavy atom. The van der Waals surface area contributed by atoms with Crippen molar-refractivity contribution >= 4 is 17.6 Å². The van der Waals surface area contributed by atoms with Gasteiger partial charge in [0.1, 0.15) is 0 Å². The van der Waals surface area contributed by atoms with Gasteiger partial charge in [-0.2, -0.15) is 0 Å². The molecule has 3 rings (SSSR count). The molecule has 124 valence electrons. The lowest BCUT2D eigenvalue weighted by molar-refractivity contribution is -0.130. The first-order valence-corrected chi connectivity index (χ1v) is 8.65. The van der Waals surface area contributed by atoms with Gasteiger partial charge in [0.25, 0.3) is 0 Å². The number of amides is 3. The minimum atomic E-state index is -0.0144. The van der Waals surface area contributed by atoms with Gasteiger partial charge in [0, 0.05) is 38.3 Å². The summed E-state index contributed by atoms with van der Waals surface area (Å²) >= 11 is 0. The summed E-state index contributed by atoms with van der Waals surface area (Å²) in [5, 5.41) is 2.93. The topological polar surface area (TPSA) is 52.7 Å². The van der Waals surface area contributed by atoms with E-state index >= 15 is 0 Å². The molecule has 0 unspecified atom stereocenters. The van der Waals surface area contributed by atoms with Crippen LogP contribution in [-0.4, -0.2) is 47.9 Å². The maximum absolute atomic E-state index is 12.0. The molecule has 2 saturated heterocycles. The molecular formula is C18H25N3O2. The molecular weight excluding hydrogens is 290 g/mol. The van der Waals surface area contributed by atoms with Crippen LogP contribution in [0, 0.1) is 0 Å². The third-order valence-corrected chi connectivity index (χ3v) is 4.68. The van der Waals surface area contributed by atoms with Crippen molar-refractivity contribution in [2.24, 2.45) is 0 Å². The lowest BCUT2D eigenvalue weighted by Gasteiger charge is -2.16. The van der Waals surface area contributed by atoms with Crippen LogP contribution in [0.15, 0.2) is 24.3 Å². The number of carbonyl (C=O) groups excluding carboxylic acids is 2. The maximum Gasteiger partial charge on any atom is 0.321 e. The van der Waals surface area contributed by atoms with E-state index in [1.165, 1.54) is 0 Å². The number of benzene rings is 1. The van der Waals surface area contributed by atoms with Crippen LogP contribution in [0.25, 0.3) is 0 Å². The highest BCUT2D eigenvalue weighted by Gasteiger charge is 2.18. The Morgan fingerprint density at radius 2 is 1.43 bits per heavy atom. The molecule has 1 aromatic rings. The summed E-state index contributed by atoms with van der Waals surface area (Å²) in [6.07, 6.45) is 5.79. The van der Waals surface area contributed by atoms with Crippen LogP contribution in [-0.2, 0) is 11.2 Å². The quantitative estimate of drug-likeness (QED) is 0.929. The molecule has 0 bridgehead atoms. The largest absolute Gasteiger partial charge is 0.343 e. The van der Waals surface area contributed by atoms with Gasteiger partial charge in [0.05, 0.1) is 0 Å². The Bertz CT molecular complexity index is 544. The zero-order valence-electron chi connectivity index (χ0n) is 13.6. The summed E-state index contributed by atoms with van der Waals surface area (Å²) in [6, 6.07) is 7.82. The number of nitrogens with one attached hydrogen (secondary N) is 1. The molecule has 0 aromatic heterocycles. The van der Waals surface area contributed by atoms with E-state index < -0.39 is 0 Å². The van der Waals surface area contributed by atoms with Crippen molar-refractivity contribution in [3.05, 3.63) is 29.8 Å². The van der Waals surface area contributed by atoms with Crippen molar-refractivity contribution in [3.63, 3.8) is 0 Å². The van der Waals surface area contributed by atoms with E-state index in [2.05, 4.69) is 5.32 Å². The van der Waals surface area contributed by atoms with Crippen LogP contribution in [0.2, 0.25) is 0 Å². The Morgan fingerprint density at radius 1 is 0.870 bits per heavy atom. The highest BCUT2D eigenvalue weighted by atomic mass is 16.2. The molecule has 1 aromatic carbocycles. The number of aryl methyl sites for hydroxylation is 1. The van der Waals surface area contributed by atoms with Crippen molar-refractivity contribution in [1.29, 1.82) is 0 Å². The summed E-state index contributed by atoms with van der Waals surface area (Å²) < 4.78 is 0. The fourth-order valence-electron chi connectivity index (χ4n) is 3.25. The standard InChI is InChI=1S/C18H25N3O2/c22-17(20-11-1-2-12-20)10-7-15-5-8-16(9-6-15)19-18(23)21-13-3-4-14-21/h5-6,8-9H,1-4,7,10-14H2,(H,19,23). The molecule has 0 aliphatic carbocycles. The number of urea groups is 1. The zero-order valence-corrected chi connectivity index (χ0v) is 13.6. The van der Waals surface area contributed by atoms with E-state index in [1.54, 1.807) is 0 Å². The molecule has 5 nitrogen and oxygen atoms in total. The Kier molecular flexibility index (Phi) is 5.16. The van der Waals surface area contributed by atoms with Gasteiger partial charge in [-0.3, -0.25) is 4.79 Å². The minimum Gasteiger partial charge on any atom is -0.343 e. The molecule has 3 amide bonds. The smallest absolute Gasteiger partial charge is 0.321 e. The molecule has 23 heavy (non-hydrogen) atoms. The molecule has 0 radical (unpaired) electrons. The van der Waals surface area contributed by atoms with E-state index in [-0.39, 0.29) is 11.9 Å². The predicted octanol–water partition coefficient (Wildman–Crippen LogP) is 2.87. The van der Waals surface area contributed by atoms with Crippen LogP contribution in [0.1, 0.15) is 37.7 Å². The van der Waals surface area contributed by atoms with Crippen LogP contribution in [0.3, 0.4) is 0 Å². The summed E-state index contributed by atoms with van der Waals surface area (Å²) in [4.78, 5) is 27.9. The van der Waals surface area contributed by atoms with Gasteiger partial charge in [-0.05, 0) is 49.8 Å². The van der Waals surface area contributed by atoms with Crippen molar-refractivity contribution in [3.8, 4) is 0 Å². The van der Waals surface area contributed by atoms with E-state index in [9.17, 15) is 9.59 Å². The first-order chi connectivity index (χ1) is 11.2. The van der Waals surface area contributed by atoms with Crippen LogP contribution >= 0.6 is 0 Å². The van der Waals surface area contributed by atoms with Gasteiger partial charge in [0.2, 0.25) is 5.91 Å². The highest BCUT2D eigenvalue weighted by molar-refractivity contribution is 5.89. The second-order valence-corrected chi connectivity index (χ2v) is 6.41. The number of rotatable bonds is 4. The van der Waals surface area contributed by atoms with Gasteiger partial charge in [-0.1, -0.05) is 12.1 Å². The van der Waals surface area contributed by atoms with Crippen LogP contribution in [0.5, 0.6) is 0 Å². The van der Waals surface area contributed by atoms with Gasteiger partial charge >= 0.3 is 6.03 Å². The Labute approximate surface area is 137 Å². The molecule has 2 aliphatic rings. The molecule has 5 heteroatoms. The monoisotopic (exact) mass is 315 g/mol. The molecule has 2 aliphatic heterocycles. The summed E-state index contributed by atoms with van der Waals surface area (Å²) in [6.45, 7) is 3.53. The van der Waals surface area contributed by atoms with E-state index in [0.717, 1.165) is 69.5 Å². The fourth-order valence-corrected chi connectivity index (χ4v) is 3.25. The molecule has 0 saturated carbocycles. The average molecular weight is 315 g/mol. The van der Waals surface area contributed by atoms with E-state index in [0.29, 0.717) is 6.42 Å². The average Bonchev–Trinajstić information content (AvgIpc) is 3.27. The summed E-state index contributed by atoms with van der Waals surface area (Å²) in [5.41, 5.74) is 1.95. The van der Waals surface area contributed by atoms with E-state index in [4.69, 9.17) is 0 Å². The Hall–Kier alpha value is -2.04. The van der Waals surface area contributed by atoms with Gasteiger partial charge < -0.3 is 15.1 Å². The first kappa shape index (κ1) is 15.8. The number of likely N-dealkylation sites (tertiary alicyclic amines) is 2. The van der Waals surface area contributed by atoms with Crippen molar-refractivity contribution in [2.75, 3.05) is 31.5 Å². The zero-order chi connectivity index (χ0) is 16.1. The number of hydrogen-bond donors (Lipinski definition) is 1. The number of anilines is 1. The third kappa shape index (κ3) is 4.24. The fraction of sp³-hybridized carbons (Fsp3) is 0.556. The van der Waals surface area contributed by atoms with Gasteiger partial charge in [0.15, 0.2) is 0 Å². The van der Waals surface area contributed by atoms with Crippen molar-refractivity contribution < 1.29 is 9.59 Å². The molecule has 1 N–H and O–H groups in total. The highest BCUT2D eigenvalue weighted by Crippen LogP contribution is 2.15. The second-order valence-electron chi connectivity index (χ2n) is 6.41. The molecule has 2 fully saturated rings. The number of hydrogen-bond acceptors (Lipinski definition) is 2. The summed E-state index contributed by atoms with van der Waals surface area (Å²) in [7, 11) is 0. The predicted molar refractivity (Wildman–Crippen MR) is 90.4 cm³/mol. The lowest BCUT2D eigenvalue weighted by Crippen LogP contribution is -2.32. The maximum atomic E-state index is 12.0. The van der Waals surface area contributed by atoms with Crippen LogP contribution in [0.4, 0.5) is 10.5 Å². The molecule has 2 heterocycles. The van der Waals surface area contributed by atoms with Crippen molar-refractivity contribution in [2.45, 2.75) is 38.5 Å². The third-order valence-electron chi connectivity index (χ3n) is 4.68. The Balaban J connectivity index is 1.46. The summed E-state index contributed by atoms with van der Waals surface area (Å²) in [5.74, 6) is 0.258. The van der Waals surface area contributed by atoms with Crippen LogP contribution < -0.4 is 5.32 Å². The lowest BCUT2D eigenvalue weighted by atomic mass is 10.1. The molecule has 0 spiro atoms. The van der Waals surface area contributed by atoms with Gasteiger partial charge in [-0.25, -0.2) is 4.79 Å².